The van der Waals surface area contributed by atoms with Gasteiger partial charge in [-0.15, -0.1) is 0 Å². The lowest BCUT2D eigenvalue weighted by Crippen LogP contribution is -2.44. The Labute approximate surface area is 116 Å². The fourth-order valence-electron chi connectivity index (χ4n) is 2.51. The number of fused-ring (bicyclic) bond motifs is 1. The highest BCUT2D eigenvalue weighted by molar-refractivity contribution is 6.30. The van der Waals surface area contributed by atoms with Crippen molar-refractivity contribution in [1.82, 2.24) is 10.6 Å². The summed E-state index contributed by atoms with van der Waals surface area (Å²) in [6.45, 7) is 0.0333. The summed E-state index contributed by atoms with van der Waals surface area (Å²) in [6, 6.07) is 6.97. The Bertz CT molecular complexity index is 553. The lowest BCUT2D eigenvalue weighted by molar-refractivity contribution is -0.124. The molecule has 1 aromatic rings. The van der Waals surface area contributed by atoms with Gasteiger partial charge in [-0.05, 0) is 29.8 Å². The van der Waals surface area contributed by atoms with Gasteiger partial charge in [-0.3, -0.25) is 4.79 Å². The summed E-state index contributed by atoms with van der Waals surface area (Å²) in [7, 11) is 1.91. The van der Waals surface area contributed by atoms with Crippen molar-refractivity contribution in [2.24, 2.45) is 0 Å². The van der Waals surface area contributed by atoms with Gasteiger partial charge in [0.15, 0.2) is 6.61 Å². The van der Waals surface area contributed by atoms with Gasteiger partial charge < -0.3 is 15.4 Å². The standard InChI is InChI=1S/C14H15ClN2O2/c1-16-12-7-14(6-11(12)14)17-13(18)8-19-10-4-2-9(15)3-5-10/h2-5,16H,6-8H2,1H3,(H,17,18). The van der Waals surface area contributed by atoms with Crippen molar-refractivity contribution in [2.45, 2.75) is 18.4 Å². The molecule has 3 rings (SSSR count). The van der Waals surface area contributed by atoms with Gasteiger partial charge >= 0.3 is 0 Å². The molecule has 1 saturated carbocycles. The van der Waals surface area contributed by atoms with Crippen molar-refractivity contribution in [3.63, 3.8) is 0 Å². The van der Waals surface area contributed by atoms with Crippen molar-refractivity contribution < 1.29 is 9.53 Å². The Kier molecular flexibility index (Phi) is 2.90. The van der Waals surface area contributed by atoms with Gasteiger partial charge in [-0.2, -0.15) is 0 Å². The predicted molar refractivity (Wildman–Crippen MR) is 73.1 cm³/mol. The van der Waals surface area contributed by atoms with E-state index in [-0.39, 0.29) is 18.1 Å². The van der Waals surface area contributed by atoms with Crippen LogP contribution in [0.5, 0.6) is 5.75 Å². The van der Waals surface area contributed by atoms with Gasteiger partial charge in [0.1, 0.15) is 5.75 Å². The van der Waals surface area contributed by atoms with Gasteiger partial charge in [-0.1, -0.05) is 11.6 Å². The van der Waals surface area contributed by atoms with Crippen LogP contribution in [-0.4, -0.2) is 25.1 Å². The van der Waals surface area contributed by atoms with E-state index in [0.29, 0.717) is 10.8 Å². The van der Waals surface area contributed by atoms with Gasteiger partial charge in [0, 0.05) is 30.6 Å². The lowest BCUT2D eigenvalue weighted by Gasteiger charge is -2.26. The number of carbonyl (C=O) groups is 1. The molecule has 2 aliphatic carbocycles. The number of hydrogen-bond donors (Lipinski definition) is 2. The predicted octanol–water partition coefficient (Wildman–Crippen LogP) is 1.85. The van der Waals surface area contributed by atoms with Crippen LogP contribution in [0.3, 0.4) is 0 Å². The number of amides is 1. The average molecular weight is 279 g/mol. The summed E-state index contributed by atoms with van der Waals surface area (Å²) in [5.74, 6) is 0.563. The second-order valence-corrected chi connectivity index (χ2v) is 5.37. The molecule has 19 heavy (non-hydrogen) atoms. The summed E-state index contributed by atoms with van der Waals surface area (Å²) in [4.78, 5) is 11.8. The van der Waals surface area contributed by atoms with Gasteiger partial charge in [-0.25, -0.2) is 0 Å². The molecule has 0 spiro atoms. The molecule has 5 heteroatoms. The van der Waals surface area contributed by atoms with Crippen molar-refractivity contribution in [2.75, 3.05) is 13.7 Å². The van der Waals surface area contributed by atoms with E-state index in [9.17, 15) is 4.79 Å². The summed E-state index contributed by atoms with van der Waals surface area (Å²) in [5.41, 5.74) is 2.53. The Morgan fingerprint density at radius 3 is 2.74 bits per heavy atom. The first kappa shape index (κ1) is 12.4. The van der Waals surface area contributed by atoms with Gasteiger partial charge in [0.25, 0.3) is 5.91 Å². The monoisotopic (exact) mass is 278 g/mol. The average Bonchev–Trinajstić information content (AvgIpc) is 2.95. The largest absolute Gasteiger partial charge is 0.484 e. The van der Waals surface area contributed by atoms with Crippen LogP contribution < -0.4 is 15.4 Å². The first-order valence-electron chi connectivity index (χ1n) is 6.23. The number of nitrogens with one attached hydrogen (secondary N) is 2. The second kappa shape index (κ2) is 4.46. The fraction of sp³-hybridized carbons (Fsp3) is 0.357. The zero-order chi connectivity index (χ0) is 13.5. The first-order chi connectivity index (χ1) is 9.13. The van der Waals surface area contributed by atoms with E-state index in [1.165, 1.54) is 11.3 Å². The molecule has 0 heterocycles. The minimum absolute atomic E-state index is 0.0333. The Morgan fingerprint density at radius 2 is 2.11 bits per heavy atom. The maximum Gasteiger partial charge on any atom is 0.258 e. The van der Waals surface area contributed by atoms with Crippen LogP contribution in [0.1, 0.15) is 12.8 Å². The van der Waals surface area contributed by atoms with E-state index >= 15 is 0 Å². The van der Waals surface area contributed by atoms with Crippen LogP contribution in [0.2, 0.25) is 5.02 Å². The molecule has 4 nitrogen and oxygen atoms in total. The molecule has 0 aromatic heterocycles. The van der Waals surface area contributed by atoms with E-state index in [0.717, 1.165) is 12.8 Å². The van der Waals surface area contributed by atoms with Crippen LogP contribution in [0.15, 0.2) is 35.5 Å². The molecule has 2 N–H and O–H groups in total. The van der Waals surface area contributed by atoms with Crippen LogP contribution in [0.4, 0.5) is 0 Å². The smallest absolute Gasteiger partial charge is 0.258 e. The zero-order valence-corrected chi connectivity index (χ0v) is 11.4. The Hall–Kier alpha value is -1.68. The number of halogens is 1. The normalized spacial score (nSPS) is 23.3. The Morgan fingerprint density at radius 1 is 1.37 bits per heavy atom. The maximum atomic E-state index is 11.8. The number of ether oxygens (including phenoxy) is 1. The van der Waals surface area contributed by atoms with E-state index < -0.39 is 0 Å². The van der Waals surface area contributed by atoms with Crippen molar-refractivity contribution in [1.29, 1.82) is 0 Å². The van der Waals surface area contributed by atoms with E-state index in [4.69, 9.17) is 16.3 Å². The van der Waals surface area contributed by atoms with Crippen LogP contribution in [0.25, 0.3) is 0 Å². The van der Waals surface area contributed by atoms with E-state index in [2.05, 4.69) is 10.6 Å². The van der Waals surface area contributed by atoms with Crippen molar-refractivity contribution in [3.05, 3.63) is 40.6 Å². The molecule has 1 amide bonds. The van der Waals surface area contributed by atoms with Crippen LogP contribution in [-0.2, 0) is 4.79 Å². The molecule has 100 valence electrons. The highest BCUT2D eigenvalue weighted by Crippen LogP contribution is 2.57. The third-order valence-electron chi connectivity index (χ3n) is 3.64. The van der Waals surface area contributed by atoms with E-state index in [1.807, 2.05) is 7.05 Å². The zero-order valence-electron chi connectivity index (χ0n) is 10.6. The molecule has 1 fully saturated rings. The molecule has 1 aromatic carbocycles. The summed E-state index contributed by atoms with van der Waals surface area (Å²) in [5, 5.41) is 6.81. The maximum absolute atomic E-state index is 11.8. The Balaban J connectivity index is 1.48. The highest BCUT2D eigenvalue weighted by atomic mass is 35.5. The molecule has 0 aliphatic heterocycles. The molecule has 1 unspecified atom stereocenters. The SMILES string of the molecule is CNC1=C2CC2(NC(=O)COc2ccc(Cl)cc2)C1. The van der Waals surface area contributed by atoms with Gasteiger partial charge in [0.05, 0.1) is 5.54 Å². The fourth-order valence-corrected chi connectivity index (χ4v) is 2.64. The minimum atomic E-state index is -0.0832. The molecule has 2 aliphatic rings. The number of rotatable bonds is 5. The minimum Gasteiger partial charge on any atom is -0.484 e. The molecule has 0 saturated heterocycles. The van der Waals surface area contributed by atoms with E-state index in [1.54, 1.807) is 24.3 Å². The third kappa shape index (κ3) is 2.28. The highest BCUT2D eigenvalue weighted by Gasteiger charge is 2.59. The lowest BCUT2D eigenvalue weighted by atomic mass is 9.98. The number of benzene rings is 1. The summed E-state index contributed by atoms with van der Waals surface area (Å²) < 4.78 is 5.41. The van der Waals surface area contributed by atoms with Crippen molar-refractivity contribution in [3.8, 4) is 5.75 Å². The van der Waals surface area contributed by atoms with Crippen molar-refractivity contribution >= 4 is 17.5 Å². The van der Waals surface area contributed by atoms with Gasteiger partial charge in [0.2, 0.25) is 0 Å². The quantitative estimate of drug-likeness (QED) is 0.864. The second-order valence-electron chi connectivity index (χ2n) is 4.93. The summed E-state index contributed by atoms with van der Waals surface area (Å²) >= 11 is 5.77. The topological polar surface area (TPSA) is 50.4 Å². The summed E-state index contributed by atoms with van der Waals surface area (Å²) in [6.07, 6.45) is 1.88. The molecular weight excluding hydrogens is 264 g/mol. The first-order valence-corrected chi connectivity index (χ1v) is 6.60. The molecule has 1 atom stereocenters. The van der Waals surface area contributed by atoms with Crippen LogP contribution >= 0.6 is 11.6 Å². The number of carbonyl (C=O) groups excluding carboxylic acids is 1. The third-order valence-corrected chi connectivity index (χ3v) is 3.89. The molecule has 0 bridgehead atoms. The number of hydrogen-bond acceptors (Lipinski definition) is 3. The molecular formula is C14H15ClN2O2. The molecule has 0 radical (unpaired) electrons. The van der Waals surface area contributed by atoms with Crippen LogP contribution in [0, 0.1) is 0 Å².